The van der Waals surface area contributed by atoms with Crippen molar-refractivity contribution in [1.29, 1.82) is 0 Å². The average molecular weight is 390 g/mol. The van der Waals surface area contributed by atoms with Crippen LogP contribution in [0.5, 0.6) is 0 Å². The third kappa shape index (κ3) is 6.15. The molecule has 0 fully saturated rings. The van der Waals surface area contributed by atoms with Gasteiger partial charge in [-0.15, -0.1) is 0 Å². The van der Waals surface area contributed by atoms with E-state index in [9.17, 15) is 13.2 Å². The van der Waals surface area contributed by atoms with E-state index in [0.717, 1.165) is 11.1 Å². The summed E-state index contributed by atoms with van der Waals surface area (Å²) in [4.78, 5) is 17.0. The first-order chi connectivity index (χ1) is 12.7. The predicted octanol–water partition coefficient (Wildman–Crippen LogP) is 2.96. The summed E-state index contributed by atoms with van der Waals surface area (Å²) in [6.07, 6.45) is 3.74. The molecule has 1 amide bonds. The summed E-state index contributed by atoms with van der Waals surface area (Å²) >= 11 is 0. The van der Waals surface area contributed by atoms with Crippen molar-refractivity contribution in [2.75, 3.05) is 0 Å². The van der Waals surface area contributed by atoms with Gasteiger partial charge in [0, 0.05) is 12.4 Å². The summed E-state index contributed by atoms with van der Waals surface area (Å²) in [6.45, 7) is 7.63. The molecular weight excluding hydrogens is 362 g/mol. The molecule has 1 heterocycles. The second-order valence-electron chi connectivity index (χ2n) is 7.13. The molecule has 27 heavy (non-hydrogen) atoms. The van der Waals surface area contributed by atoms with Gasteiger partial charge in [0.05, 0.1) is 10.9 Å². The van der Waals surface area contributed by atoms with Crippen molar-refractivity contribution < 1.29 is 13.2 Å². The van der Waals surface area contributed by atoms with Gasteiger partial charge in [-0.25, -0.2) is 8.42 Å². The second-order valence-corrected chi connectivity index (χ2v) is 8.85. The van der Waals surface area contributed by atoms with Crippen molar-refractivity contribution in [3.05, 3.63) is 59.9 Å². The quantitative estimate of drug-likeness (QED) is 0.726. The van der Waals surface area contributed by atoms with Crippen LogP contribution in [0.15, 0.2) is 53.7 Å². The van der Waals surface area contributed by atoms with Crippen molar-refractivity contribution in [2.24, 2.45) is 5.92 Å². The topological polar surface area (TPSA) is 88.2 Å². The monoisotopic (exact) mass is 389 g/mol. The highest BCUT2D eigenvalue weighted by Crippen LogP contribution is 2.15. The van der Waals surface area contributed by atoms with Crippen molar-refractivity contribution in [2.45, 2.75) is 51.1 Å². The summed E-state index contributed by atoms with van der Waals surface area (Å²) < 4.78 is 28.0. The lowest BCUT2D eigenvalue weighted by molar-refractivity contribution is -0.123. The van der Waals surface area contributed by atoms with Gasteiger partial charge in [-0.3, -0.25) is 9.78 Å². The normalized spacial score (nSPS) is 14.0. The summed E-state index contributed by atoms with van der Waals surface area (Å²) in [6, 6.07) is 9.09. The van der Waals surface area contributed by atoms with Crippen molar-refractivity contribution in [3.8, 4) is 0 Å². The Bertz CT molecular complexity index is 850. The zero-order valence-electron chi connectivity index (χ0n) is 16.1. The predicted molar refractivity (Wildman–Crippen MR) is 106 cm³/mol. The van der Waals surface area contributed by atoms with E-state index in [1.165, 1.54) is 0 Å². The third-order valence-corrected chi connectivity index (χ3v) is 5.68. The van der Waals surface area contributed by atoms with Gasteiger partial charge < -0.3 is 5.32 Å². The highest BCUT2D eigenvalue weighted by Gasteiger charge is 2.27. The van der Waals surface area contributed by atoms with E-state index in [2.05, 4.69) is 15.0 Å². The number of sulfonamides is 1. The van der Waals surface area contributed by atoms with Crippen LogP contribution in [0.1, 0.15) is 44.4 Å². The molecule has 0 bridgehead atoms. The summed E-state index contributed by atoms with van der Waals surface area (Å²) in [7, 11) is -3.79. The highest BCUT2D eigenvalue weighted by atomic mass is 32.2. The fourth-order valence-corrected chi connectivity index (χ4v) is 3.89. The molecule has 0 radical (unpaired) electrons. The number of carbonyl (C=O) groups is 1. The average Bonchev–Trinajstić information content (AvgIpc) is 2.61. The van der Waals surface area contributed by atoms with E-state index in [4.69, 9.17) is 0 Å². The molecule has 2 aromatic rings. The molecule has 2 N–H and O–H groups in total. The first kappa shape index (κ1) is 21.1. The Morgan fingerprint density at radius 1 is 1.11 bits per heavy atom. The molecule has 6 nitrogen and oxygen atoms in total. The Hall–Kier alpha value is -2.25. The summed E-state index contributed by atoms with van der Waals surface area (Å²) in [5.41, 5.74) is 1.83. The molecular formula is C20H27N3O3S. The molecule has 146 valence electrons. The van der Waals surface area contributed by atoms with E-state index in [1.54, 1.807) is 42.7 Å². The molecule has 0 aliphatic heterocycles. The van der Waals surface area contributed by atoms with Crippen LogP contribution in [-0.2, 0) is 14.8 Å². The Kier molecular flexibility index (Phi) is 7.10. The molecule has 0 aliphatic rings. The van der Waals surface area contributed by atoms with Gasteiger partial charge >= 0.3 is 0 Å². The number of pyridine rings is 1. The number of aryl methyl sites for hydroxylation is 1. The largest absolute Gasteiger partial charge is 0.348 e. The van der Waals surface area contributed by atoms with Crippen LogP contribution >= 0.6 is 0 Å². The molecule has 0 saturated carbocycles. The van der Waals surface area contributed by atoms with Crippen LogP contribution < -0.4 is 10.0 Å². The lowest BCUT2D eigenvalue weighted by Gasteiger charge is -2.23. The van der Waals surface area contributed by atoms with Crippen molar-refractivity contribution >= 4 is 15.9 Å². The number of rotatable bonds is 8. The maximum absolute atomic E-state index is 12.8. The number of hydrogen-bond donors (Lipinski definition) is 2. The SMILES string of the molecule is Cc1ccc(S(=O)(=O)NC(CC(C)C)C(=O)NC(C)c2cccnc2)cc1. The van der Waals surface area contributed by atoms with Gasteiger partial charge in [-0.1, -0.05) is 37.6 Å². The fraction of sp³-hybridized carbons (Fsp3) is 0.400. The standard InChI is InChI=1S/C20H27N3O3S/c1-14(2)12-19(20(24)22-16(4)17-6-5-11-21-13-17)23-27(25,26)18-9-7-15(3)8-10-18/h5-11,13-14,16,19,23H,12H2,1-4H3,(H,22,24). The van der Waals surface area contributed by atoms with Crippen LogP contribution in [0.2, 0.25) is 0 Å². The molecule has 2 unspecified atom stereocenters. The summed E-state index contributed by atoms with van der Waals surface area (Å²) in [5, 5.41) is 2.88. The molecule has 0 spiro atoms. The third-order valence-electron chi connectivity index (χ3n) is 4.20. The number of hydrogen-bond acceptors (Lipinski definition) is 4. The first-order valence-corrected chi connectivity index (χ1v) is 10.5. The lowest BCUT2D eigenvalue weighted by atomic mass is 10.0. The van der Waals surface area contributed by atoms with Gasteiger partial charge in [-0.05, 0) is 49.9 Å². The molecule has 2 rings (SSSR count). The van der Waals surface area contributed by atoms with Gasteiger partial charge in [0.15, 0.2) is 0 Å². The van der Waals surface area contributed by atoms with Crippen LogP contribution in [0, 0.1) is 12.8 Å². The van der Waals surface area contributed by atoms with Gasteiger partial charge in [0.25, 0.3) is 0 Å². The van der Waals surface area contributed by atoms with E-state index in [1.807, 2.05) is 33.8 Å². The number of aromatic nitrogens is 1. The minimum atomic E-state index is -3.79. The Morgan fingerprint density at radius 2 is 1.78 bits per heavy atom. The molecule has 1 aromatic carbocycles. The minimum Gasteiger partial charge on any atom is -0.348 e. The van der Waals surface area contributed by atoms with E-state index < -0.39 is 16.1 Å². The van der Waals surface area contributed by atoms with Crippen molar-refractivity contribution in [1.82, 2.24) is 15.0 Å². The van der Waals surface area contributed by atoms with Crippen molar-refractivity contribution in [3.63, 3.8) is 0 Å². The molecule has 0 aliphatic carbocycles. The van der Waals surface area contributed by atoms with Gasteiger partial charge in [0.2, 0.25) is 15.9 Å². The smallest absolute Gasteiger partial charge is 0.241 e. The van der Waals surface area contributed by atoms with E-state index in [0.29, 0.717) is 6.42 Å². The number of nitrogens with one attached hydrogen (secondary N) is 2. The molecule has 7 heteroatoms. The lowest BCUT2D eigenvalue weighted by Crippen LogP contribution is -2.47. The Morgan fingerprint density at radius 3 is 2.33 bits per heavy atom. The zero-order valence-corrected chi connectivity index (χ0v) is 17.0. The first-order valence-electron chi connectivity index (χ1n) is 8.98. The highest BCUT2D eigenvalue weighted by molar-refractivity contribution is 7.89. The van der Waals surface area contributed by atoms with Gasteiger partial charge in [-0.2, -0.15) is 4.72 Å². The minimum absolute atomic E-state index is 0.148. The number of amides is 1. The van der Waals surface area contributed by atoms with E-state index >= 15 is 0 Å². The van der Waals surface area contributed by atoms with Crippen LogP contribution in [0.4, 0.5) is 0 Å². The Labute approximate surface area is 161 Å². The summed E-state index contributed by atoms with van der Waals surface area (Å²) in [5.74, 6) is -0.203. The fourth-order valence-electron chi connectivity index (χ4n) is 2.68. The van der Waals surface area contributed by atoms with Crippen LogP contribution in [0.3, 0.4) is 0 Å². The zero-order chi connectivity index (χ0) is 20.0. The molecule has 1 aromatic heterocycles. The molecule has 2 atom stereocenters. The van der Waals surface area contributed by atoms with E-state index in [-0.39, 0.29) is 22.8 Å². The molecule has 0 saturated heterocycles. The Balaban J connectivity index is 2.16. The maximum atomic E-state index is 12.8. The number of benzene rings is 1. The van der Waals surface area contributed by atoms with Crippen LogP contribution in [-0.4, -0.2) is 25.4 Å². The van der Waals surface area contributed by atoms with Gasteiger partial charge in [0.1, 0.15) is 6.04 Å². The second kappa shape index (κ2) is 9.10. The van der Waals surface area contributed by atoms with Crippen LogP contribution in [0.25, 0.3) is 0 Å². The number of nitrogens with zero attached hydrogens (tertiary/aromatic N) is 1. The maximum Gasteiger partial charge on any atom is 0.241 e. The number of carbonyl (C=O) groups excluding carboxylic acids is 1.